The third-order valence-electron chi connectivity index (χ3n) is 35.9. The van der Waals surface area contributed by atoms with Crippen LogP contribution in [-0.2, 0) is 25.8 Å². The van der Waals surface area contributed by atoms with Crippen LogP contribution in [0.2, 0.25) is 0 Å². The minimum Gasteiger partial charge on any atom is -0.369 e. The Morgan fingerprint density at radius 1 is 0.242 bits per heavy atom. The third kappa shape index (κ3) is 59.4. The monoisotopic (exact) mass is 2070 g/mol. The second-order valence-electron chi connectivity index (χ2n) is 51.1. The maximum Gasteiger partial charge on any atom is 0.0367 e. The van der Waals surface area contributed by atoms with Gasteiger partial charge in [0.2, 0.25) is 0 Å². The van der Waals surface area contributed by atoms with E-state index in [0.29, 0.717) is 0 Å². The van der Waals surface area contributed by atoms with Crippen LogP contribution in [0.1, 0.15) is 332 Å². The molecule has 0 N–H and O–H groups in total. The fraction of sp³-hybridized carbons (Fsp3) is 0.820. The fourth-order valence-corrected chi connectivity index (χ4v) is 23.9. The minimum atomic E-state index is 0.737. The molecular formula is C133H248N16. The number of hydrogen-bond donors (Lipinski definition) is 0. The number of anilines is 2. The molecule has 15 fully saturated rings. The molecule has 12 heterocycles. The van der Waals surface area contributed by atoms with E-state index < -0.39 is 0 Å². The van der Waals surface area contributed by atoms with Crippen LogP contribution in [0.15, 0.2) is 97.1 Å². The average molecular weight is 2070 g/mol. The van der Waals surface area contributed by atoms with Crippen LogP contribution >= 0.6 is 0 Å². The zero-order chi connectivity index (χ0) is 109. The van der Waals surface area contributed by atoms with Crippen molar-refractivity contribution in [1.82, 2.24) is 68.6 Å². The van der Waals surface area contributed by atoms with E-state index in [-0.39, 0.29) is 0 Å². The summed E-state index contributed by atoms with van der Waals surface area (Å²) in [5, 5.41) is 0. The highest BCUT2D eigenvalue weighted by Crippen LogP contribution is 2.40. The molecule has 4 aromatic carbocycles. The summed E-state index contributed by atoms with van der Waals surface area (Å²) >= 11 is 0. The summed E-state index contributed by atoms with van der Waals surface area (Å²) in [5.41, 5.74) is 11.9. The molecule has 860 valence electrons. The summed E-state index contributed by atoms with van der Waals surface area (Å²) in [6, 6.07) is 35.6. The Labute approximate surface area is 927 Å². The van der Waals surface area contributed by atoms with Crippen molar-refractivity contribution in [3.8, 4) is 0 Å². The summed E-state index contributed by atoms with van der Waals surface area (Å²) in [7, 11) is 15.5. The Morgan fingerprint density at radius 2 is 0.557 bits per heavy atom. The van der Waals surface area contributed by atoms with Gasteiger partial charge in [-0.05, 0) is 419 Å². The summed E-state index contributed by atoms with van der Waals surface area (Å²) in [4.78, 5) is 39.8. The quantitative estimate of drug-likeness (QED) is 0.0949. The van der Waals surface area contributed by atoms with Gasteiger partial charge in [-0.3, -0.25) is 4.90 Å². The Kier molecular flexibility index (Phi) is 70.1. The van der Waals surface area contributed by atoms with Crippen molar-refractivity contribution in [3.05, 3.63) is 130 Å². The molecule has 16 heteroatoms. The highest BCUT2D eigenvalue weighted by molar-refractivity contribution is 5.49. The first kappa shape index (κ1) is 134. The minimum absolute atomic E-state index is 0.737. The summed E-state index contributed by atoms with van der Waals surface area (Å²) < 4.78 is 0. The molecule has 19 rings (SSSR count). The first-order valence-electron chi connectivity index (χ1n) is 63.3. The molecule has 0 bridgehead atoms. The van der Waals surface area contributed by atoms with E-state index in [9.17, 15) is 0 Å². The highest BCUT2D eigenvalue weighted by atomic mass is 15.3. The van der Waals surface area contributed by atoms with E-state index in [1.54, 1.807) is 0 Å². The smallest absolute Gasteiger partial charge is 0.0367 e. The molecule has 12 aliphatic heterocycles. The van der Waals surface area contributed by atoms with Crippen LogP contribution in [0, 0.1) is 90.3 Å². The Bertz CT molecular complexity index is 3600. The van der Waals surface area contributed by atoms with Crippen LogP contribution in [0.4, 0.5) is 11.4 Å². The third-order valence-corrected chi connectivity index (χ3v) is 35.9. The number of piperazine rings is 4. The molecule has 149 heavy (non-hydrogen) atoms. The van der Waals surface area contributed by atoms with Crippen molar-refractivity contribution in [1.29, 1.82) is 0 Å². The largest absolute Gasteiger partial charge is 0.369 e. The van der Waals surface area contributed by atoms with Gasteiger partial charge in [-0.15, -0.1) is 0 Å². The van der Waals surface area contributed by atoms with Crippen LogP contribution in [0.25, 0.3) is 0 Å². The number of aryl methyl sites for hydroxylation is 5. The van der Waals surface area contributed by atoms with Gasteiger partial charge in [0.15, 0.2) is 0 Å². The summed E-state index contributed by atoms with van der Waals surface area (Å²) in [5.74, 6) is 12.0. The van der Waals surface area contributed by atoms with Crippen LogP contribution in [0.3, 0.4) is 0 Å². The molecule has 1 spiro atoms. The van der Waals surface area contributed by atoms with Crippen LogP contribution < -0.4 is 9.80 Å². The first-order chi connectivity index (χ1) is 71.6. The van der Waals surface area contributed by atoms with Gasteiger partial charge in [-0.1, -0.05) is 273 Å². The number of rotatable bonds is 18. The number of benzene rings is 4. The zero-order valence-corrected chi connectivity index (χ0v) is 104. The lowest BCUT2D eigenvalue weighted by atomic mass is 9.72. The summed E-state index contributed by atoms with van der Waals surface area (Å²) in [6.45, 7) is 97.2. The van der Waals surface area contributed by atoms with E-state index >= 15 is 0 Å². The van der Waals surface area contributed by atoms with Gasteiger partial charge in [-0.2, -0.15) is 0 Å². The Morgan fingerprint density at radius 3 is 0.933 bits per heavy atom. The van der Waals surface area contributed by atoms with Gasteiger partial charge in [0.25, 0.3) is 0 Å². The zero-order valence-electron chi connectivity index (χ0n) is 104. The van der Waals surface area contributed by atoms with Gasteiger partial charge >= 0.3 is 0 Å². The van der Waals surface area contributed by atoms with Crippen LogP contribution in [0.5, 0.6) is 0 Å². The predicted molar refractivity (Wildman–Crippen MR) is 659 cm³/mol. The van der Waals surface area contributed by atoms with E-state index in [4.69, 9.17) is 0 Å². The van der Waals surface area contributed by atoms with Crippen molar-refractivity contribution in [2.75, 3.05) is 308 Å². The Balaban J connectivity index is 0.000000247. The maximum absolute atomic E-state index is 2.66. The van der Waals surface area contributed by atoms with Crippen molar-refractivity contribution in [2.45, 2.75) is 338 Å². The number of hydrogen-bond acceptors (Lipinski definition) is 16. The fourth-order valence-electron chi connectivity index (χ4n) is 23.9. The molecule has 0 amide bonds. The molecule has 1 atom stereocenters. The van der Waals surface area contributed by atoms with Gasteiger partial charge in [0.05, 0.1) is 0 Å². The molecule has 1 unspecified atom stereocenters. The Hall–Kier alpha value is -4.08. The van der Waals surface area contributed by atoms with Crippen LogP contribution in [-0.4, -0.2) is 367 Å². The number of piperidine rings is 6. The standard InChI is InChI=1S/C14H22N2.C13H20N2.C12H25N3.C12H18N2.C10H14.C9H18N2.2C9H19N.C9H18.C8H17N.C8H16.2C7H15N.C6H12/c1-3-13-5-7-14(8-6-13)16-11-9-15(4-2)10-12-16;1-12-3-5-13(6-4-12)11-15-9-7-14(2)8-10-15;1-13-5-3-12(4-6-13)11-15-9-7-14(2)8-10-15;1-11-3-5-12(6-4-11)14-9-7-13(2)8-10-14;1-3-9-5-7-10(4-2)8-6-9;1-10-5-3-9(4-6-10)7-11(2)8-9;1-3-6-10-7-4-9(2)5-8-10;1-3-6-10-7-4-5-9(2)8-10;2*1-3-9-6-4-8(2)5-7-9;2*1-7-3-5-8(2)6-4-7;1-3-4-8-5-7(2)6-8;1-5-3-6(2)4-5/h5-8H,3-4,9-12H2,1-2H3;3-6H,7-11H2,1-2H3;12H,3-11H2,1-2H3;3-6H,7-10H2,1-2H3;5-8H,3-4H2,1-2H3;3-8H2,1-2H3;2*9H,3-8H2,1-2H3;8-9H,3-7H2,1-2H3;8H,3-7H2,1-2H3;7-8H,3-6H2,1-2H3;2*7H,3-6H2,1-2H3;5-6H,3-4H2,1-2H3. The van der Waals surface area contributed by atoms with E-state index in [1.807, 2.05) is 0 Å². The molecule has 15 aliphatic rings. The SMILES string of the molecule is CC1CC(C)C1.CC1CCC(C)CC1.CC1CCN(C)CC1.CCC1CCC(C)CC1.CCCN1CC(C)C1.CCCN1CCC(C)CC1.CCCN1CCCC(C)C1.CCN1CCC(C)CC1.CCc1ccc(CC)cc1.CCc1ccc(N2CCN(CC)CC2)cc1.CN1CCC(CN2CCN(C)CC2)CC1.CN1CCC2(CC1)CN(C)C2.Cc1ccc(CN2CCN(C)CC2)cc1.Cc1ccc(N2CCN(C)CC2)cc1. The molecule has 3 aliphatic carbocycles. The lowest BCUT2D eigenvalue weighted by molar-refractivity contribution is -0.0264. The summed E-state index contributed by atoms with van der Waals surface area (Å²) in [6.07, 6.45) is 40.5. The van der Waals surface area contributed by atoms with Gasteiger partial charge < -0.3 is 73.5 Å². The van der Waals surface area contributed by atoms with Gasteiger partial charge in [-0.25, -0.2) is 0 Å². The molecule has 4 aromatic rings. The van der Waals surface area contributed by atoms with Gasteiger partial charge in [0.1, 0.15) is 0 Å². The second kappa shape index (κ2) is 78.2. The second-order valence-corrected chi connectivity index (χ2v) is 51.1. The van der Waals surface area contributed by atoms with E-state index in [0.717, 1.165) is 115 Å². The lowest BCUT2D eigenvalue weighted by Crippen LogP contribution is -2.58. The van der Waals surface area contributed by atoms with E-state index in [2.05, 4.69) is 370 Å². The number of likely N-dealkylation sites (tertiary alicyclic amines) is 8. The molecule has 3 saturated carbocycles. The molecule has 12 saturated heterocycles. The van der Waals surface area contributed by atoms with Crippen molar-refractivity contribution in [2.24, 2.45) is 76.4 Å². The normalized spacial score (nSPS) is 25.3. The highest BCUT2D eigenvalue weighted by Gasteiger charge is 2.42. The van der Waals surface area contributed by atoms with Crippen molar-refractivity contribution < 1.29 is 0 Å². The topological polar surface area (TPSA) is 51.8 Å². The first-order valence-corrected chi connectivity index (χ1v) is 63.3. The van der Waals surface area contributed by atoms with Crippen molar-refractivity contribution in [3.63, 3.8) is 0 Å². The number of likely N-dealkylation sites (N-methyl/N-ethyl adjacent to an activating group) is 4. The van der Waals surface area contributed by atoms with E-state index in [1.165, 1.54) is 447 Å². The maximum atomic E-state index is 2.66. The van der Waals surface area contributed by atoms with Crippen molar-refractivity contribution >= 4 is 11.4 Å². The molecule has 0 aromatic heterocycles. The molecule has 16 nitrogen and oxygen atoms in total. The lowest BCUT2D eigenvalue weighted by Gasteiger charge is -2.52. The molecule has 0 radical (unpaired) electrons. The van der Waals surface area contributed by atoms with Gasteiger partial charge in [0, 0.05) is 162 Å². The molecular weight excluding hydrogens is 1820 g/mol. The predicted octanol–water partition coefficient (Wildman–Crippen LogP) is 26.7. The average Bonchev–Trinajstić information content (AvgIpc) is 0.781. The number of nitrogens with zero attached hydrogens (tertiary/aromatic N) is 16.